The van der Waals surface area contributed by atoms with Crippen molar-refractivity contribution in [2.75, 3.05) is 7.11 Å². The van der Waals surface area contributed by atoms with Gasteiger partial charge in [0.25, 0.3) is 0 Å². The zero-order valence-electron chi connectivity index (χ0n) is 12.2. The molecule has 0 aliphatic heterocycles. The molecule has 0 saturated heterocycles. The Morgan fingerprint density at radius 3 is 2.75 bits per heavy atom. The molecule has 20 heavy (non-hydrogen) atoms. The number of aromatic nitrogens is 1. The Balaban J connectivity index is 2.25. The van der Waals surface area contributed by atoms with Gasteiger partial charge in [-0.05, 0) is 41.1 Å². The average molecular weight is 355 g/mol. The summed E-state index contributed by atoms with van der Waals surface area (Å²) in [7, 11) is 1.67. The number of thiazole rings is 1. The Morgan fingerprint density at radius 2 is 2.15 bits per heavy atom. The molecule has 1 heterocycles. The van der Waals surface area contributed by atoms with Crippen molar-refractivity contribution in [2.24, 2.45) is 0 Å². The van der Waals surface area contributed by atoms with E-state index >= 15 is 0 Å². The highest BCUT2D eigenvalue weighted by atomic mass is 79.9. The van der Waals surface area contributed by atoms with E-state index in [4.69, 9.17) is 4.74 Å². The molecule has 1 aromatic heterocycles. The van der Waals surface area contributed by atoms with Gasteiger partial charge < -0.3 is 10.1 Å². The first-order chi connectivity index (χ1) is 9.51. The van der Waals surface area contributed by atoms with Gasteiger partial charge in [-0.1, -0.05) is 13.8 Å². The fourth-order valence-corrected chi connectivity index (χ4v) is 3.36. The van der Waals surface area contributed by atoms with Gasteiger partial charge in [-0.3, -0.25) is 0 Å². The minimum atomic E-state index is 0.482. The Hall–Kier alpha value is -0.910. The molecule has 0 fully saturated rings. The van der Waals surface area contributed by atoms with Crippen LogP contribution in [0.2, 0.25) is 0 Å². The molecule has 0 spiro atoms. The highest BCUT2D eigenvalue weighted by molar-refractivity contribution is 9.10. The van der Waals surface area contributed by atoms with E-state index in [2.05, 4.69) is 53.1 Å². The molecule has 5 heteroatoms. The van der Waals surface area contributed by atoms with Crippen LogP contribution in [-0.2, 0) is 6.54 Å². The van der Waals surface area contributed by atoms with Crippen molar-refractivity contribution in [1.82, 2.24) is 10.3 Å². The zero-order chi connectivity index (χ0) is 14.7. The van der Waals surface area contributed by atoms with Crippen molar-refractivity contribution in [3.05, 3.63) is 33.2 Å². The largest absolute Gasteiger partial charge is 0.496 e. The predicted octanol–water partition coefficient (Wildman–Crippen LogP) is 4.39. The van der Waals surface area contributed by atoms with E-state index in [-0.39, 0.29) is 0 Å². The summed E-state index contributed by atoms with van der Waals surface area (Å²) in [6, 6.07) is 6.54. The molecule has 0 amide bonds. The summed E-state index contributed by atoms with van der Waals surface area (Å²) >= 11 is 5.26. The zero-order valence-corrected chi connectivity index (χ0v) is 14.6. The number of aryl methyl sites for hydroxylation is 1. The van der Waals surface area contributed by atoms with Gasteiger partial charge in [-0.2, -0.15) is 0 Å². The Kier molecular flexibility index (Phi) is 5.18. The SMILES string of the molecule is COc1ccc(-c2nc(C)c(CNC(C)C)s2)cc1Br. The number of halogens is 1. The number of benzene rings is 1. The first-order valence-corrected chi connectivity index (χ1v) is 8.15. The molecular formula is C15H19BrN2OS. The van der Waals surface area contributed by atoms with Crippen molar-refractivity contribution >= 4 is 27.3 Å². The topological polar surface area (TPSA) is 34.1 Å². The molecule has 0 radical (unpaired) electrons. The number of nitrogens with zero attached hydrogens (tertiary/aromatic N) is 1. The molecule has 1 aromatic carbocycles. The number of ether oxygens (including phenoxy) is 1. The van der Waals surface area contributed by atoms with Gasteiger partial charge in [-0.25, -0.2) is 4.98 Å². The average Bonchev–Trinajstić information content (AvgIpc) is 2.77. The van der Waals surface area contributed by atoms with Crippen LogP contribution in [0.4, 0.5) is 0 Å². The van der Waals surface area contributed by atoms with Crippen LogP contribution in [0.1, 0.15) is 24.4 Å². The highest BCUT2D eigenvalue weighted by Crippen LogP contribution is 2.33. The van der Waals surface area contributed by atoms with Crippen molar-refractivity contribution in [2.45, 2.75) is 33.4 Å². The number of methoxy groups -OCH3 is 1. The summed E-state index contributed by atoms with van der Waals surface area (Å²) in [6.45, 7) is 7.24. The van der Waals surface area contributed by atoms with Gasteiger partial charge in [0, 0.05) is 23.0 Å². The highest BCUT2D eigenvalue weighted by Gasteiger charge is 2.11. The molecule has 0 saturated carbocycles. The van der Waals surface area contributed by atoms with E-state index in [1.807, 2.05) is 12.1 Å². The summed E-state index contributed by atoms with van der Waals surface area (Å²) < 4.78 is 6.21. The van der Waals surface area contributed by atoms with Crippen molar-refractivity contribution in [3.63, 3.8) is 0 Å². The quantitative estimate of drug-likeness (QED) is 0.864. The predicted molar refractivity (Wildman–Crippen MR) is 88.5 cm³/mol. The van der Waals surface area contributed by atoms with Crippen molar-refractivity contribution in [3.8, 4) is 16.3 Å². The van der Waals surface area contributed by atoms with Crippen LogP contribution in [-0.4, -0.2) is 18.1 Å². The third kappa shape index (κ3) is 3.59. The van der Waals surface area contributed by atoms with Crippen molar-refractivity contribution < 1.29 is 4.74 Å². The lowest BCUT2D eigenvalue weighted by molar-refractivity contribution is 0.412. The summed E-state index contributed by atoms with van der Waals surface area (Å²) in [4.78, 5) is 5.96. The lowest BCUT2D eigenvalue weighted by Crippen LogP contribution is -2.21. The maximum absolute atomic E-state index is 5.26. The first kappa shape index (κ1) is 15.5. The van der Waals surface area contributed by atoms with Gasteiger partial charge in [0.05, 0.1) is 17.3 Å². The summed E-state index contributed by atoms with van der Waals surface area (Å²) in [5.74, 6) is 0.837. The molecule has 0 atom stereocenters. The summed E-state index contributed by atoms with van der Waals surface area (Å²) in [6.07, 6.45) is 0. The second-order valence-electron chi connectivity index (χ2n) is 4.91. The van der Waals surface area contributed by atoms with Crippen LogP contribution in [0, 0.1) is 6.92 Å². The van der Waals surface area contributed by atoms with Gasteiger partial charge >= 0.3 is 0 Å². The van der Waals surface area contributed by atoms with E-state index in [0.717, 1.165) is 33.0 Å². The van der Waals surface area contributed by atoms with E-state index in [9.17, 15) is 0 Å². The molecule has 2 rings (SSSR count). The van der Waals surface area contributed by atoms with Gasteiger partial charge in [0.15, 0.2) is 0 Å². The maximum atomic E-state index is 5.26. The van der Waals surface area contributed by atoms with Crippen LogP contribution < -0.4 is 10.1 Å². The molecular weight excluding hydrogens is 336 g/mol. The second kappa shape index (κ2) is 6.70. The minimum Gasteiger partial charge on any atom is -0.496 e. The molecule has 3 nitrogen and oxygen atoms in total. The number of hydrogen-bond acceptors (Lipinski definition) is 4. The van der Waals surface area contributed by atoms with E-state index in [0.29, 0.717) is 6.04 Å². The molecule has 108 valence electrons. The van der Waals surface area contributed by atoms with Gasteiger partial charge in [0.1, 0.15) is 10.8 Å². The van der Waals surface area contributed by atoms with Crippen molar-refractivity contribution in [1.29, 1.82) is 0 Å². The lowest BCUT2D eigenvalue weighted by atomic mass is 10.2. The third-order valence-electron chi connectivity index (χ3n) is 2.96. The Bertz CT molecular complexity index is 596. The van der Waals surface area contributed by atoms with Crippen LogP contribution in [0.3, 0.4) is 0 Å². The number of rotatable bonds is 5. The molecule has 0 aliphatic rings. The van der Waals surface area contributed by atoms with Gasteiger partial charge in [-0.15, -0.1) is 11.3 Å². The number of hydrogen-bond donors (Lipinski definition) is 1. The molecule has 0 aliphatic carbocycles. The van der Waals surface area contributed by atoms with Crippen LogP contribution in [0.25, 0.3) is 10.6 Å². The summed E-state index contributed by atoms with van der Waals surface area (Å²) in [5, 5.41) is 4.49. The first-order valence-electron chi connectivity index (χ1n) is 6.55. The summed E-state index contributed by atoms with van der Waals surface area (Å²) in [5.41, 5.74) is 2.21. The van der Waals surface area contributed by atoms with E-state index in [1.165, 1.54) is 4.88 Å². The Morgan fingerprint density at radius 1 is 1.40 bits per heavy atom. The smallest absolute Gasteiger partial charge is 0.133 e. The fourth-order valence-electron chi connectivity index (χ4n) is 1.81. The third-order valence-corrected chi connectivity index (χ3v) is 4.79. The lowest BCUT2D eigenvalue weighted by Gasteiger charge is -2.06. The van der Waals surface area contributed by atoms with E-state index in [1.54, 1.807) is 18.4 Å². The van der Waals surface area contributed by atoms with Crippen LogP contribution in [0.5, 0.6) is 5.75 Å². The Labute approximate surface area is 132 Å². The van der Waals surface area contributed by atoms with E-state index < -0.39 is 0 Å². The van der Waals surface area contributed by atoms with Crippen LogP contribution >= 0.6 is 27.3 Å². The van der Waals surface area contributed by atoms with Gasteiger partial charge in [0.2, 0.25) is 0 Å². The number of nitrogens with one attached hydrogen (secondary N) is 1. The molecule has 2 aromatic rings. The standard InChI is InChI=1S/C15H19BrN2OS/c1-9(2)17-8-14-10(3)18-15(20-14)11-5-6-13(19-4)12(16)7-11/h5-7,9,17H,8H2,1-4H3. The second-order valence-corrected chi connectivity index (χ2v) is 6.85. The maximum Gasteiger partial charge on any atom is 0.133 e. The minimum absolute atomic E-state index is 0.482. The molecule has 1 N–H and O–H groups in total. The monoisotopic (exact) mass is 354 g/mol. The molecule has 0 bridgehead atoms. The van der Waals surface area contributed by atoms with Crippen LogP contribution in [0.15, 0.2) is 22.7 Å². The normalized spacial score (nSPS) is 11.1. The molecule has 0 unspecified atom stereocenters. The fraction of sp³-hybridized carbons (Fsp3) is 0.400.